The molecule has 1 aliphatic carbocycles. The van der Waals surface area contributed by atoms with E-state index in [9.17, 15) is 9.59 Å². The van der Waals surface area contributed by atoms with E-state index < -0.39 is 6.09 Å². The number of amides is 1. The minimum absolute atomic E-state index is 0.0196. The van der Waals surface area contributed by atoms with Crippen molar-refractivity contribution in [1.82, 2.24) is 5.32 Å². The third-order valence-corrected chi connectivity index (χ3v) is 5.56. The van der Waals surface area contributed by atoms with Gasteiger partial charge >= 0.3 is 6.09 Å². The number of nitrogens with one attached hydrogen (secondary N) is 1. The Morgan fingerprint density at radius 3 is 2.26 bits per heavy atom. The molecule has 3 aromatic rings. The fourth-order valence-corrected chi connectivity index (χ4v) is 4.10. The van der Waals surface area contributed by atoms with Crippen LogP contribution >= 0.6 is 11.6 Å². The molecule has 0 aromatic heterocycles. The van der Waals surface area contributed by atoms with Crippen LogP contribution in [0.25, 0.3) is 11.1 Å². The Morgan fingerprint density at radius 1 is 1.00 bits per heavy atom. The van der Waals surface area contributed by atoms with Crippen molar-refractivity contribution in [1.29, 1.82) is 0 Å². The lowest BCUT2D eigenvalue weighted by Gasteiger charge is -2.14. The van der Waals surface area contributed by atoms with Gasteiger partial charge in [-0.15, -0.1) is 0 Å². The molecule has 0 aliphatic heterocycles. The predicted molar refractivity (Wildman–Crippen MR) is 121 cm³/mol. The number of alkyl carbamates (subject to hydrolysis) is 1. The first-order valence-electron chi connectivity index (χ1n) is 9.93. The van der Waals surface area contributed by atoms with Gasteiger partial charge in [0.05, 0.1) is 11.6 Å². The Balaban J connectivity index is 1.34. The number of ketones is 1. The Hall–Kier alpha value is -3.55. The fraction of sp³-hybridized carbons (Fsp3) is 0.154. The van der Waals surface area contributed by atoms with Gasteiger partial charge in [0.2, 0.25) is 0 Å². The highest BCUT2D eigenvalue weighted by Crippen LogP contribution is 2.44. The molecule has 0 radical (unpaired) electrons. The van der Waals surface area contributed by atoms with Crippen molar-refractivity contribution in [3.63, 3.8) is 0 Å². The summed E-state index contributed by atoms with van der Waals surface area (Å²) in [6.45, 7) is 1.86. The lowest BCUT2D eigenvalue weighted by atomic mass is 9.98. The van der Waals surface area contributed by atoms with Gasteiger partial charge in [0.1, 0.15) is 6.61 Å². The van der Waals surface area contributed by atoms with E-state index >= 15 is 0 Å². The highest BCUT2D eigenvalue weighted by molar-refractivity contribution is 6.34. The number of carbonyl (C=O) groups is 2. The molecule has 0 saturated heterocycles. The molecule has 1 N–H and O–H groups in total. The van der Waals surface area contributed by atoms with E-state index in [1.807, 2.05) is 24.3 Å². The van der Waals surface area contributed by atoms with E-state index in [1.165, 1.54) is 29.2 Å². The molecular formula is C26H20ClNO3. The van der Waals surface area contributed by atoms with Gasteiger partial charge in [-0.1, -0.05) is 72.0 Å². The Labute approximate surface area is 186 Å². The Kier molecular flexibility index (Phi) is 6.06. The lowest BCUT2D eigenvalue weighted by Crippen LogP contribution is -2.26. The van der Waals surface area contributed by atoms with Crippen molar-refractivity contribution in [3.8, 4) is 23.0 Å². The molecule has 5 heteroatoms. The van der Waals surface area contributed by atoms with Gasteiger partial charge in [-0.2, -0.15) is 0 Å². The third-order valence-electron chi connectivity index (χ3n) is 5.25. The van der Waals surface area contributed by atoms with Crippen LogP contribution in [-0.2, 0) is 4.74 Å². The van der Waals surface area contributed by atoms with E-state index in [2.05, 4.69) is 41.4 Å². The largest absolute Gasteiger partial charge is 0.449 e. The summed E-state index contributed by atoms with van der Waals surface area (Å²) in [6, 6.07) is 21.4. The van der Waals surface area contributed by atoms with Crippen molar-refractivity contribution in [3.05, 3.63) is 94.0 Å². The smallest absolute Gasteiger partial charge is 0.407 e. The topological polar surface area (TPSA) is 55.4 Å². The van der Waals surface area contributed by atoms with E-state index in [4.69, 9.17) is 16.3 Å². The van der Waals surface area contributed by atoms with Gasteiger partial charge in [0.25, 0.3) is 0 Å². The van der Waals surface area contributed by atoms with Crippen molar-refractivity contribution < 1.29 is 14.3 Å². The molecule has 0 atom stereocenters. The molecule has 0 bridgehead atoms. The maximum Gasteiger partial charge on any atom is 0.407 e. The molecule has 3 aromatic carbocycles. The number of halogens is 1. The van der Waals surface area contributed by atoms with Crippen LogP contribution in [0.3, 0.4) is 0 Å². The maximum atomic E-state index is 12.1. The van der Waals surface area contributed by atoms with Gasteiger partial charge in [0.15, 0.2) is 5.78 Å². The van der Waals surface area contributed by atoms with Crippen LogP contribution in [0.2, 0.25) is 5.02 Å². The highest BCUT2D eigenvalue weighted by Gasteiger charge is 2.28. The number of fused-ring (bicyclic) bond motifs is 3. The summed E-state index contributed by atoms with van der Waals surface area (Å²) >= 11 is 6.08. The van der Waals surface area contributed by atoms with Crippen LogP contribution < -0.4 is 5.32 Å². The summed E-state index contributed by atoms with van der Waals surface area (Å²) in [4.78, 5) is 23.6. The van der Waals surface area contributed by atoms with Crippen LogP contribution in [0.4, 0.5) is 4.79 Å². The maximum absolute atomic E-state index is 12.1. The van der Waals surface area contributed by atoms with Gasteiger partial charge in [-0.3, -0.25) is 4.79 Å². The zero-order valence-corrected chi connectivity index (χ0v) is 17.7. The number of carbonyl (C=O) groups excluding carboxylic acids is 2. The first kappa shape index (κ1) is 20.7. The molecular weight excluding hydrogens is 410 g/mol. The second kappa shape index (κ2) is 9.07. The molecule has 4 nitrogen and oxygen atoms in total. The zero-order valence-electron chi connectivity index (χ0n) is 16.9. The van der Waals surface area contributed by atoms with Gasteiger partial charge in [-0.25, -0.2) is 4.79 Å². The van der Waals surface area contributed by atoms with Crippen LogP contribution in [0.1, 0.15) is 39.9 Å². The number of rotatable bonds is 4. The first-order chi connectivity index (χ1) is 15.0. The second-order valence-corrected chi connectivity index (χ2v) is 7.64. The summed E-state index contributed by atoms with van der Waals surface area (Å²) in [7, 11) is 0. The average molecular weight is 430 g/mol. The Bertz CT molecular complexity index is 1180. The van der Waals surface area contributed by atoms with E-state index in [0.29, 0.717) is 16.1 Å². The molecule has 1 amide bonds. The number of ether oxygens (including phenoxy) is 1. The molecule has 1 aliphatic rings. The van der Waals surface area contributed by atoms with E-state index in [1.54, 1.807) is 18.2 Å². The summed E-state index contributed by atoms with van der Waals surface area (Å²) in [5.74, 6) is 5.70. The molecule has 0 spiro atoms. The van der Waals surface area contributed by atoms with Crippen molar-refractivity contribution in [2.75, 3.05) is 13.2 Å². The minimum atomic E-state index is -0.513. The summed E-state index contributed by atoms with van der Waals surface area (Å²) in [5, 5.41) is 3.01. The second-order valence-electron chi connectivity index (χ2n) is 7.23. The quantitative estimate of drug-likeness (QED) is 0.444. The zero-order chi connectivity index (χ0) is 21.8. The van der Waals surface area contributed by atoms with Crippen molar-refractivity contribution in [2.45, 2.75) is 12.8 Å². The van der Waals surface area contributed by atoms with Crippen molar-refractivity contribution >= 4 is 23.5 Å². The molecule has 0 heterocycles. The van der Waals surface area contributed by atoms with Crippen LogP contribution in [-0.4, -0.2) is 25.0 Å². The van der Waals surface area contributed by atoms with Crippen LogP contribution in [0, 0.1) is 11.8 Å². The molecule has 4 rings (SSSR count). The number of Topliss-reactive ketones (excluding diaryl/α,β-unsaturated/α-hetero) is 1. The summed E-state index contributed by atoms with van der Waals surface area (Å²) < 4.78 is 5.48. The van der Waals surface area contributed by atoms with Crippen molar-refractivity contribution in [2.24, 2.45) is 0 Å². The number of hydrogen-bond acceptors (Lipinski definition) is 3. The predicted octanol–water partition coefficient (Wildman–Crippen LogP) is 5.43. The average Bonchev–Trinajstić information content (AvgIpc) is 3.09. The van der Waals surface area contributed by atoms with Crippen LogP contribution in [0.5, 0.6) is 0 Å². The minimum Gasteiger partial charge on any atom is -0.449 e. The highest BCUT2D eigenvalue weighted by atomic mass is 35.5. The molecule has 0 fully saturated rings. The normalized spacial score (nSPS) is 11.7. The fourth-order valence-electron chi connectivity index (χ4n) is 3.79. The molecule has 0 unspecified atom stereocenters. The standard InChI is InChI=1S/C26H20ClNO3/c1-17(29)19-13-12-18(15-25(19)27)7-6-14-28-26(30)31-16-24-22-10-4-2-8-20(22)21-9-3-5-11-23(21)24/h2-5,8-13,15,24H,14,16H2,1H3,(H,28,30). The summed E-state index contributed by atoms with van der Waals surface area (Å²) in [5.41, 5.74) is 5.84. The van der Waals surface area contributed by atoms with Gasteiger partial charge in [0, 0.05) is 17.0 Å². The monoisotopic (exact) mass is 429 g/mol. The molecule has 0 saturated carbocycles. The SMILES string of the molecule is CC(=O)c1ccc(C#CCNC(=O)OCC2c3ccccc3-c3ccccc32)cc1Cl. The molecule has 31 heavy (non-hydrogen) atoms. The number of hydrogen-bond donors (Lipinski definition) is 1. The number of benzene rings is 3. The van der Waals surface area contributed by atoms with E-state index in [0.717, 1.165) is 0 Å². The first-order valence-corrected chi connectivity index (χ1v) is 10.3. The van der Waals surface area contributed by atoms with Gasteiger partial charge < -0.3 is 10.1 Å². The third kappa shape index (κ3) is 4.47. The van der Waals surface area contributed by atoms with E-state index in [-0.39, 0.29) is 24.9 Å². The molecule has 154 valence electrons. The Morgan fingerprint density at radius 2 is 1.65 bits per heavy atom. The van der Waals surface area contributed by atoms with Crippen LogP contribution in [0.15, 0.2) is 66.7 Å². The summed E-state index contributed by atoms with van der Waals surface area (Å²) in [6.07, 6.45) is -0.513. The van der Waals surface area contributed by atoms with Gasteiger partial charge in [-0.05, 0) is 47.4 Å². The lowest BCUT2D eigenvalue weighted by molar-refractivity contribution is 0.101.